The second kappa shape index (κ2) is 6.24. The van der Waals surface area contributed by atoms with Crippen LogP contribution in [-0.4, -0.2) is 28.9 Å². The lowest BCUT2D eigenvalue weighted by atomic mass is 10.2. The van der Waals surface area contributed by atoms with Gasteiger partial charge in [0.2, 0.25) is 11.8 Å². The molecule has 2 amide bonds. The van der Waals surface area contributed by atoms with E-state index in [1.165, 1.54) is 12.3 Å². The standard InChI is InChI=1S/C11H12N2O5/c12-9(14)6-8(11(16)17)13-10(15)4-3-7-2-1-5-18-7/h1-5,8H,6H2,(H2,12,14)(H,13,15)(H,16,17)/b4-3+/t8-/m1/s1. The maximum absolute atomic E-state index is 11.4. The zero-order valence-electron chi connectivity index (χ0n) is 9.33. The van der Waals surface area contributed by atoms with E-state index in [2.05, 4.69) is 5.32 Å². The lowest BCUT2D eigenvalue weighted by Crippen LogP contribution is -2.42. The zero-order chi connectivity index (χ0) is 13.5. The van der Waals surface area contributed by atoms with Crippen LogP contribution in [0.15, 0.2) is 28.9 Å². The number of nitrogens with two attached hydrogens (primary N) is 1. The van der Waals surface area contributed by atoms with E-state index in [0.29, 0.717) is 5.76 Å². The summed E-state index contributed by atoms with van der Waals surface area (Å²) >= 11 is 0. The number of primary amides is 1. The van der Waals surface area contributed by atoms with Crippen LogP contribution in [-0.2, 0) is 14.4 Å². The van der Waals surface area contributed by atoms with E-state index >= 15 is 0 Å². The minimum absolute atomic E-state index is 0.451. The normalized spacial score (nSPS) is 12.2. The van der Waals surface area contributed by atoms with Gasteiger partial charge in [-0.15, -0.1) is 0 Å². The van der Waals surface area contributed by atoms with Gasteiger partial charge in [0.1, 0.15) is 11.8 Å². The molecule has 0 fully saturated rings. The second-order valence-corrected chi connectivity index (χ2v) is 3.42. The molecule has 1 atom stereocenters. The second-order valence-electron chi connectivity index (χ2n) is 3.42. The number of nitrogens with one attached hydrogen (secondary N) is 1. The van der Waals surface area contributed by atoms with Gasteiger partial charge in [0.05, 0.1) is 12.7 Å². The molecule has 1 heterocycles. The third-order valence-corrected chi connectivity index (χ3v) is 1.96. The summed E-state index contributed by atoms with van der Waals surface area (Å²) in [5.41, 5.74) is 4.87. The molecule has 1 aromatic heterocycles. The van der Waals surface area contributed by atoms with Gasteiger partial charge < -0.3 is 20.6 Å². The van der Waals surface area contributed by atoms with Crippen molar-refractivity contribution in [3.05, 3.63) is 30.2 Å². The predicted molar refractivity (Wildman–Crippen MR) is 61.1 cm³/mol. The van der Waals surface area contributed by atoms with Crippen LogP contribution in [0.3, 0.4) is 0 Å². The van der Waals surface area contributed by atoms with Crippen LogP contribution in [0.1, 0.15) is 12.2 Å². The SMILES string of the molecule is NC(=O)C[C@@H](NC(=O)/C=C/c1ccco1)C(=O)O. The minimum Gasteiger partial charge on any atom is -0.480 e. The van der Waals surface area contributed by atoms with Crippen molar-refractivity contribution in [1.29, 1.82) is 0 Å². The summed E-state index contributed by atoms with van der Waals surface area (Å²) in [6.45, 7) is 0. The Kier molecular flexibility index (Phi) is 4.67. The van der Waals surface area contributed by atoms with Gasteiger partial charge in [-0.3, -0.25) is 9.59 Å². The number of furan rings is 1. The molecule has 0 saturated heterocycles. The molecule has 0 saturated carbocycles. The highest BCUT2D eigenvalue weighted by Gasteiger charge is 2.20. The third kappa shape index (κ3) is 4.52. The van der Waals surface area contributed by atoms with Gasteiger partial charge in [0.15, 0.2) is 0 Å². The van der Waals surface area contributed by atoms with Gasteiger partial charge in [-0.2, -0.15) is 0 Å². The Morgan fingerprint density at radius 3 is 2.72 bits per heavy atom. The Bertz CT molecular complexity index is 464. The summed E-state index contributed by atoms with van der Waals surface area (Å²) in [6, 6.07) is 1.93. The largest absolute Gasteiger partial charge is 0.480 e. The fourth-order valence-electron chi connectivity index (χ4n) is 1.17. The molecular formula is C11H12N2O5. The molecule has 1 rings (SSSR count). The number of hydrogen-bond acceptors (Lipinski definition) is 4. The fourth-order valence-corrected chi connectivity index (χ4v) is 1.17. The molecule has 0 bridgehead atoms. The van der Waals surface area contributed by atoms with Crippen LogP contribution in [0.5, 0.6) is 0 Å². The van der Waals surface area contributed by atoms with Crippen molar-refractivity contribution in [3.63, 3.8) is 0 Å². The number of carbonyl (C=O) groups is 3. The van der Waals surface area contributed by atoms with Crippen LogP contribution < -0.4 is 11.1 Å². The molecule has 96 valence electrons. The summed E-state index contributed by atoms with van der Waals surface area (Å²) in [7, 11) is 0. The highest BCUT2D eigenvalue weighted by Crippen LogP contribution is 2.02. The number of carbonyl (C=O) groups excluding carboxylic acids is 2. The van der Waals surface area contributed by atoms with Crippen LogP contribution >= 0.6 is 0 Å². The fraction of sp³-hybridized carbons (Fsp3) is 0.182. The van der Waals surface area contributed by atoms with E-state index < -0.39 is 30.2 Å². The summed E-state index contributed by atoms with van der Waals surface area (Å²) < 4.78 is 4.94. The maximum Gasteiger partial charge on any atom is 0.326 e. The van der Waals surface area contributed by atoms with Crippen LogP contribution in [0.4, 0.5) is 0 Å². The van der Waals surface area contributed by atoms with Gasteiger partial charge in [0.25, 0.3) is 0 Å². The summed E-state index contributed by atoms with van der Waals surface area (Å²) in [5, 5.41) is 10.9. The first kappa shape index (κ1) is 13.5. The van der Waals surface area contributed by atoms with Crippen LogP contribution in [0, 0.1) is 0 Å². The predicted octanol–water partition coefficient (Wildman–Crippen LogP) is -0.262. The van der Waals surface area contributed by atoms with E-state index in [1.54, 1.807) is 12.1 Å². The molecular weight excluding hydrogens is 240 g/mol. The number of carboxylic acid groups (broad SMARTS) is 1. The topological polar surface area (TPSA) is 123 Å². The smallest absolute Gasteiger partial charge is 0.326 e. The molecule has 18 heavy (non-hydrogen) atoms. The van der Waals surface area contributed by atoms with Gasteiger partial charge in [0, 0.05) is 6.08 Å². The van der Waals surface area contributed by atoms with Crippen molar-refractivity contribution in [2.75, 3.05) is 0 Å². The molecule has 0 aromatic carbocycles. The highest BCUT2D eigenvalue weighted by atomic mass is 16.4. The van der Waals surface area contributed by atoms with Crippen molar-refractivity contribution in [2.45, 2.75) is 12.5 Å². The van der Waals surface area contributed by atoms with Crippen LogP contribution in [0.2, 0.25) is 0 Å². The maximum atomic E-state index is 11.4. The molecule has 7 nitrogen and oxygen atoms in total. The van der Waals surface area contributed by atoms with Gasteiger partial charge in [-0.1, -0.05) is 0 Å². The van der Waals surface area contributed by atoms with Crippen LogP contribution in [0.25, 0.3) is 6.08 Å². The number of rotatable bonds is 6. The molecule has 0 spiro atoms. The Hall–Kier alpha value is -2.57. The number of amides is 2. The molecule has 0 aliphatic rings. The summed E-state index contributed by atoms with van der Waals surface area (Å²) in [4.78, 5) is 32.7. The number of carboxylic acids is 1. The Morgan fingerprint density at radius 2 is 2.22 bits per heavy atom. The van der Waals surface area contributed by atoms with E-state index in [-0.39, 0.29) is 0 Å². The monoisotopic (exact) mass is 252 g/mol. The highest BCUT2D eigenvalue weighted by molar-refractivity contribution is 5.95. The van der Waals surface area contributed by atoms with Gasteiger partial charge in [-0.25, -0.2) is 4.79 Å². The third-order valence-electron chi connectivity index (χ3n) is 1.96. The quantitative estimate of drug-likeness (QED) is 0.602. The molecule has 4 N–H and O–H groups in total. The zero-order valence-corrected chi connectivity index (χ0v) is 9.33. The number of aliphatic carboxylic acids is 1. The van der Waals surface area contributed by atoms with Crippen molar-refractivity contribution in [1.82, 2.24) is 5.32 Å². The Labute approximate surface area is 102 Å². The first-order valence-corrected chi connectivity index (χ1v) is 5.02. The van der Waals surface area contributed by atoms with E-state index in [9.17, 15) is 14.4 Å². The molecule has 1 aromatic rings. The van der Waals surface area contributed by atoms with Crippen molar-refractivity contribution in [3.8, 4) is 0 Å². The van der Waals surface area contributed by atoms with Gasteiger partial charge >= 0.3 is 5.97 Å². The van der Waals surface area contributed by atoms with E-state index in [0.717, 1.165) is 6.08 Å². The van der Waals surface area contributed by atoms with E-state index in [4.69, 9.17) is 15.3 Å². The first-order chi connectivity index (χ1) is 8.49. The minimum atomic E-state index is -1.34. The average molecular weight is 252 g/mol. The van der Waals surface area contributed by atoms with Crippen molar-refractivity contribution < 1.29 is 23.9 Å². The summed E-state index contributed by atoms with van der Waals surface area (Å²) in [5.74, 6) is -2.33. The van der Waals surface area contributed by atoms with Gasteiger partial charge in [-0.05, 0) is 18.2 Å². The molecule has 0 radical (unpaired) electrons. The number of hydrogen-bond donors (Lipinski definition) is 3. The van der Waals surface area contributed by atoms with Crippen molar-refractivity contribution in [2.24, 2.45) is 5.73 Å². The molecule has 7 heteroatoms. The summed E-state index contributed by atoms with van der Waals surface area (Å²) in [6.07, 6.45) is 3.45. The van der Waals surface area contributed by atoms with E-state index in [1.807, 2.05) is 0 Å². The molecule has 0 unspecified atom stereocenters. The Morgan fingerprint density at radius 1 is 1.50 bits per heavy atom. The first-order valence-electron chi connectivity index (χ1n) is 5.02. The Balaban J connectivity index is 2.56. The average Bonchev–Trinajstić information content (AvgIpc) is 2.77. The van der Waals surface area contributed by atoms with Crippen molar-refractivity contribution >= 4 is 23.9 Å². The lowest BCUT2D eigenvalue weighted by Gasteiger charge is -2.10. The lowest BCUT2D eigenvalue weighted by molar-refractivity contribution is -0.142. The molecule has 0 aliphatic heterocycles. The molecule has 0 aliphatic carbocycles.